The number of nitrogens with one attached hydrogen (secondary N) is 2. The lowest BCUT2D eigenvalue weighted by Gasteiger charge is -2.43. The third-order valence-corrected chi connectivity index (χ3v) is 8.86. The average molecular weight is 544 g/mol. The van der Waals surface area contributed by atoms with Crippen LogP contribution >= 0.6 is 0 Å². The number of amides is 2. The van der Waals surface area contributed by atoms with E-state index < -0.39 is 29.7 Å². The fourth-order valence-corrected chi connectivity index (χ4v) is 5.80. The predicted molar refractivity (Wildman–Crippen MR) is 140 cm³/mol. The van der Waals surface area contributed by atoms with Crippen molar-refractivity contribution >= 4 is 28.4 Å². The summed E-state index contributed by atoms with van der Waals surface area (Å²) in [6.07, 6.45) is 5.79. The minimum atomic E-state index is -2.90. The SMILES string of the molecule is CN(C)C1CN(c2nn(CC3(F)CC3)c3cc(-c4[nH]ncc4NC(=O)N4CC(F)(F)CCC45CC5)ncc23)C1. The second-order valence-electron chi connectivity index (χ2n) is 12.0. The standard InChI is InChI=1S/C26H32F3N9O/c1-35(2)16-12-36(13-16)22-17-10-30-18(9-20(17)38(34-22)14-24(27)3-4-24)21-19(11-31-33-21)32-23(39)37-15-26(28,29)8-7-25(37)5-6-25/h9-11,16H,3-8,12-15H2,1-2H3,(H,31,33)(H,32,39). The van der Waals surface area contributed by atoms with Crippen LogP contribution in [0.2, 0.25) is 0 Å². The number of hydrogen-bond donors (Lipinski definition) is 2. The van der Waals surface area contributed by atoms with Crippen molar-refractivity contribution in [3.8, 4) is 11.4 Å². The number of piperidine rings is 1. The summed E-state index contributed by atoms with van der Waals surface area (Å²) >= 11 is 0. The Balaban J connectivity index is 1.18. The number of anilines is 2. The number of rotatable bonds is 6. The van der Waals surface area contributed by atoms with Crippen LogP contribution < -0.4 is 10.2 Å². The topological polar surface area (TPSA) is 98.2 Å². The smallest absolute Gasteiger partial charge is 0.322 e. The van der Waals surface area contributed by atoms with E-state index in [0.717, 1.165) is 42.7 Å². The Morgan fingerprint density at radius 2 is 1.87 bits per heavy atom. The van der Waals surface area contributed by atoms with Crippen molar-refractivity contribution in [2.24, 2.45) is 0 Å². The molecule has 4 fully saturated rings. The Kier molecular flexibility index (Phi) is 5.27. The molecule has 3 aromatic rings. The maximum Gasteiger partial charge on any atom is 0.322 e. The van der Waals surface area contributed by atoms with Gasteiger partial charge in [0.05, 0.1) is 41.6 Å². The van der Waals surface area contributed by atoms with Crippen LogP contribution in [0.25, 0.3) is 22.3 Å². The molecule has 39 heavy (non-hydrogen) atoms. The number of alkyl halides is 3. The highest BCUT2D eigenvalue weighted by Gasteiger charge is 2.57. The summed E-state index contributed by atoms with van der Waals surface area (Å²) in [7, 11) is 4.10. The number of aromatic nitrogens is 5. The monoisotopic (exact) mass is 543 g/mol. The maximum absolute atomic E-state index is 14.9. The molecule has 13 heteroatoms. The summed E-state index contributed by atoms with van der Waals surface area (Å²) in [5.74, 6) is -2.11. The highest BCUT2D eigenvalue weighted by molar-refractivity contribution is 5.96. The van der Waals surface area contributed by atoms with Crippen molar-refractivity contribution in [2.75, 3.05) is 43.9 Å². The third-order valence-electron chi connectivity index (χ3n) is 8.86. The number of halogens is 3. The molecule has 2 aliphatic heterocycles. The molecule has 2 amide bonds. The molecule has 0 aromatic carbocycles. The number of aromatic amines is 1. The van der Waals surface area contributed by atoms with Crippen LogP contribution in [0.5, 0.6) is 0 Å². The molecule has 2 aliphatic carbocycles. The van der Waals surface area contributed by atoms with Crippen molar-refractivity contribution < 1.29 is 18.0 Å². The first-order valence-electron chi connectivity index (χ1n) is 13.5. The first kappa shape index (κ1) is 24.7. The molecule has 7 rings (SSSR count). The van der Waals surface area contributed by atoms with Crippen molar-refractivity contribution in [2.45, 2.75) is 68.2 Å². The van der Waals surface area contributed by atoms with Gasteiger partial charge in [-0.1, -0.05) is 0 Å². The largest absolute Gasteiger partial charge is 0.351 e. The van der Waals surface area contributed by atoms with Crippen molar-refractivity contribution in [1.29, 1.82) is 0 Å². The fourth-order valence-electron chi connectivity index (χ4n) is 5.80. The molecule has 2 N–H and O–H groups in total. The van der Waals surface area contributed by atoms with E-state index in [9.17, 15) is 18.0 Å². The van der Waals surface area contributed by atoms with Gasteiger partial charge in [-0.3, -0.25) is 14.8 Å². The first-order valence-corrected chi connectivity index (χ1v) is 13.5. The lowest BCUT2D eigenvalue weighted by Crippen LogP contribution is -2.57. The zero-order chi connectivity index (χ0) is 27.2. The Labute approximate surface area is 223 Å². The number of fused-ring (bicyclic) bond motifs is 1. The van der Waals surface area contributed by atoms with Crippen LogP contribution in [0.3, 0.4) is 0 Å². The summed E-state index contributed by atoms with van der Waals surface area (Å²) in [6.45, 7) is 1.23. The number of hydrogen-bond acceptors (Lipinski definition) is 6. The maximum atomic E-state index is 14.9. The van der Waals surface area contributed by atoms with Crippen LogP contribution in [0.1, 0.15) is 38.5 Å². The van der Waals surface area contributed by atoms with Gasteiger partial charge in [-0.15, -0.1) is 0 Å². The van der Waals surface area contributed by atoms with Crippen LogP contribution in [0.4, 0.5) is 29.5 Å². The summed E-state index contributed by atoms with van der Waals surface area (Å²) in [5.41, 5.74) is 0.319. The van der Waals surface area contributed by atoms with Crippen LogP contribution in [0.15, 0.2) is 18.5 Å². The van der Waals surface area contributed by atoms with Crippen LogP contribution in [-0.4, -0.2) is 97.7 Å². The summed E-state index contributed by atoms with van der Waals surface area (Å²) in [6, 6.07) is 1.69. The van der Waals surface area contributed by atoms with E-state index in [1.54, 1.807) is 10.9 Å². The first-order chi connectivity index (χ1) is 18.5. The number of pyridine rings is 1. The molecule has 0 atom stereocenters. The summed E-state index contributed by atoms with van der Waals surface area (Å²) < 4.78 is 44.9. The number of carbonyl (C=O) groups excluding carboxylic acids is 1. The molecule has 2 saturated carbocycles. The van der Waals surface area contributed by atoms with Gasteiger partial charge in [-0.05, 0) is 52.3 Å². The molecule has 2 saturated heterocycles. The molecule has 5 heterocycles. The van der Waals surface area contributed by atoms with E-state index in [0.29, 0.717) is 42.4 Å². The lowest BCUT2D eigenvalue weighted by atomic mass is 9.97. The third kappa shape index (κ3) is 4.30. The number of carbonyl (C=O) groups is 1. The zero-order valence-electron chi connectivity index (χ0n) is 22.1. The molecule has 3 aromatic heterocycles. The van der Waals surface area contributed by atoms with Gasteiger partial charge in [0.2, 0.25) is 0 Å². The zero-order valence-corrected chi connectivity index (χ0v) is 22.1. The van der Waals surface area contributed by atoms with Crippen LogP contribution in [-0.2, 0) is 6.54 Å². The summed E-state index contributed by atoms with van der Waals surface area (Å²) in [5, 5.41) is 15.4. The molecular formula is C26H32F3N9O. The predicted octanol–water partition coefficient (Wildman–Crippen LogP) is 3.87. The molecule has 0 bridgehead atoms. The van der Waals surface area contributed by atoms with Gasteiger partial charge in [-0.25, -0.2) is 18.0 Å². The van der Waals surface area contributed by atoms with E-state index >= 15 is 0 Å². The highest BCUT2D eigenvalue weighted by atomic mass is 19.3. The molecule has 208 valence electrons. The highest BCUT2D eigenvalue weighted by Crippen LogP contribution is 2.51. The quantitative estimate of drug-likeness (QED) is 0.490. The number of likely N-dealkylation sites (tertiary alicyclic amines) is 1. The number of likely N-dealkylation sites (N-methyl/N-ethyl adjacent to an activating group) is 1. The van der Waals surface area contributed by atoms with E-state index in [1.807, 2.05) is 6.07 Å². The molecule has 0 unspecified atom stereocenters. The van der Waals surface area contributed by atoms with Crippen molar-refractivity contribution in [3.63, 3.8) is 0 Å². The van der Waals surface area contributed by atoms with Gasteiger partial charge in [0.1, 0.15) is 11.4 Å². The molecule has 1 spiro atoms. The van der Waals surface area contributed by atoms with Gasteiger partial charge in [0.25, 0.3) is 5.92 Å². The normalized spacial score (nSPS) is 22.9. The lowest BCUT2D eigenvalue weighted by molar-refractivity contribution is -0.0721. The minimum Gasteiger partial charge on any atom is -0.351 e. The van der Waals surface area contributed by atoms with E-state index in [1.165, 1.54) is 11.1 Å². The van der Waals surface area contributed by atoms with Gasteiger partial charge < -0.3 is 20.0 Å². The Morgan fingerprint density at radius 3 is 2.56 bits per heavy atom. The molecular weight excluding hydrogens is 511 g/mol. The van der Waals surface area contributed by atoms with E-state index in [-0.39, 0.29) is 13.0 Å². The van der Waals surface area contributed by atoms with E-state index in [2.05, 4.69) is 44.4 Å². The minimum absolute atomic E-state index is 0.162. The van der Waals surface area contributed by atoms with Gasteiger partial charge in [0, 0.05) is 37.3 Å². The van der Waals surface area contributed by atoms with Gasteiger partial charge in [-0.2, -0.15) is 10.2 Å². The Hall–Kier alpha value is -3.35. The summed E-state index contributed by atoms with van der Waals surface area (Å²) in [4.78, 5) is 23.4. The van der Waals surface area contributed by atoms with Gasteiger partial charge >= 0.3 is 6.03 Å². The number of urea groups is 1. The Bertz CT molecular complexity index is 1440. The number of nitrogens with zero attached hydrogens (tertiary/aromatic N) is 7. The van der Waals surface area contributed by atoms with E-state index in [4.69, 9.17) is 5.10 Å². The molecule has 0 radical (unpaired) electrons. The Morgan fingerprint density at radius 1 is 1.13 bits per heavy atom. The average Bonchev–Trinajstić information content (AvgIpc) is 3.71. The van der Waals surface area contributed by atoms with Gasteiger partial charge in [0.15, 0.2) is 5.82 Å². The molecule has 10 nitrogen and oxygen atoms in total. The second kappa shape index (κ2) is 8.33. The van der Waals surface area contributed by atoms with Crippen LogP contribution in [0, 0.1) is 0 Å². The second-order valence-corrected chi connectivity index (χ2v) is 12.0. The van der Waals surface area contributed by atoms with Crippen molar-refractivity contribution in [3.05, 3.63) is 18.5 Å². The fraction of sp³-hybridized carbons (Fsp3) is 0.615. The number of H-pyrrole nitrogens is 1. The van der Waals surface area contributed by atoms with Crippen molar-refractivity contribution in [1.82, 2.24) is 34.8 Å². The molecule has 4 aliphatic rings.